The molecule has 0 atom stereocenters. The van der Waals surface area contributed by atoms with Gasteiger partial charge in [-0.2, -0.15) is 13.2 Å². The SMILES string of the molecule is COC(=O)CCN(CC(C)C)C(=O)c1cc(-c2ccccc2C(F)(F)F)nc2onc(C)c12. The number of ether oxygens (including phenoxy) is 1. The first kappa shape index (κ1) is 24.2. The summed E-state index contributed by atoms with van der Waals surface area (Å²) in [4.78, 5) is 30.9. The van der Waals surface area contributed by atoms with Crippen molar-refractivity contribution < 1.29 is 32.0 Å². The number of pyridine rings is 1. The molecule has 0 radical (unpaired) electrons. The van der Waals surface area contributed by atoms with Crippen LogP contribution in [-0.2, 0) is 15.7 Å². The van der Waals surface area contributed by atoms with Gasteiger partial charge in [0.1, 0.15) is 0 Å². The van der Waals surface area contributed by atoms with Gasteiger partial charge < -0.3 is 14.2 Å². The Balaban J connectivity index is 2.15. The van der Waals surface area contributed by atoms with Crippen LogP contribution in [-0.4, -0.2) is 47.1 Å². The van der Waals surface area contributed by atoms with E-state index in [1.54, 1.807) is 6.92 Å². The van der Waals surface area contributed by atoms with E-state index in [2.05, 4.69) is 14.9 Å². The van der Waals surface area contributed by atoms with Crippen molar-refractivity contribution in [2.45, 2.75) is 33.4 Å². The Hall–Kier alpha value is -3.43. The lowest BCUT2D eigenvalue weighted by Gasteiger charge is -2.25. The third-order valence-corrected chi connectivity index (χ3v) is 5.04. The van der Waals surface area contributed by atoms with Gasteiger partial charge in [-0.25, -0.2) is 4.98 Å². The van der Waals surface area contributed by atoms with Gasteiger partial charge in [-0.05, 0) is 25.0 Å². The number of hydrogen-bond acceptors (Lipinski definition) is 6. The minimum atomic E-state index is -4.61. The first-order chi connectivity index (χ1) is 15.5. The number of aromatic nitrogens is 2. The molecule has 7 nitrogen and oxygen atoms in total. The summed E-state index contributed by atoms with van der Waals surface area (Å²) in [6, 6.07) is 6.32. The van der Waals surface area contributed by atoms with Gasteiger partial charge in [-0.15, -0.1) is 0 Å². The molecule has 1 amide bonds. The number of benzene rings is 1. The van der Waals surface area contributed by atoms with E-state index in [-0.39, 0.29) is 41.4 Å². The Kier molecular flexibility index (Phi) is 7.04. The molecule has 0 unspecified atom stereocenters. The molecule has 1 aromatic carbocycles. The number of alkyl halides is 3. The highest BCUT2D eigenvalue weighted by Crippen LogP contribution is 2.37. The maximum Gasteiger partial charge on any atom is 0.417 e. The van der Waals surface area contributed by atoms with Crippen molar-refractivity contribution in [2.75, 3.05) is 20.2 Å². The first-order valence-electron chi connectivity index (χ1n) is 10.3. The Bertz CT molecular complexity index is 1170. The monoisotopic (exact) mass is 463 g/mol. The van der Waals surface area contributed by atoms with Crippen LogP contribution in [0.4, 0.5) is 13.2 Å². The van der Waals surface area contributed by atoms with Gasteiger partial charge in [0.05, 0.1) is 41.4 Å². The molecule has 0 aliphatic carbocycles. The third kappa shape index (κ3) is 5.32. The molecular formula is C23H24F3N3O4. The summed E-state index contributed by atoms with van der Waals surface area (Å²) in [5, 5.41) is 4.17. The van der Waals surface area contributed by atoms with E-state index in [0.717, 1.165) is 6.07 Å². The fourth-order valence-corrected chi connectivity index (χ4v) is 3.57. The van der Waals surface area contributed by atoms with Crippen molar-refractivity contribution >= 4 is 23.0 Å². The first-order valence-corrected chi connectivity index (χ1v) is 10.3. The Morgan fingerprint density at radius 2 is 1.91 bits per heavy atom. The van der Waals surface area contributed by atoms with Gasteiger partial charge in [-0.1, -0.05) is 37.2 Å². The van der Waals surface area contributed by atoms with Gasteiger partial charge in [0, 0.05) is 18.7 Å². The van der Waals surface area contributed by atoms with E-state index in [4.69, 9.17) is 4.52 Å². The van der Waals surface area contributed by atoms with Crippen LogP contribution in [0.25, 0.3) is 22.4 Å². The molecule has 0 aliphatic heterocycles. The summed E-state index contributed by atoms with van der Waals surface area (Å²) in [5.41, 5.74) is -0.670. The normalized spacial score (nSPS) is 11.8. The highest BCUT2D eigenvalue weighted by Gasteiger charge is 2.34. The molecule has 2 aromatic heterocycles. The predicted molar refractivity (Wildman–Crippen MR) is 114 cm³/mol. The van der Waals surface area contributed by atoms with Crippen LogP contribution in [0.15, 0.2) is 34.9 Å². The molecule has 0 N–H and O–H groups in total. The summed E-state index contributed by atoms with van der Waals surface area (Å²) in [7, 11) is 1.26. The van der Waals surface area contributed by atoms with Gasteiger partial charge in [-0.3, -0.25) is 9.59 Å². The number of hydrogen-bond donors (Lipinski definition) is 0. The van der Waals surface area contributed by atoms with E-state index < -0.39 is 23.6 Å². The van der Waals surface area contributed by atoms with Crippen molar-refractivity contribution in [1.82, 2.24) is 15.0 Å². The van der Waals surface area contributed by atoms with Crippen LogP contribution in [0, 0.1) is 12.8 Å². The second kappa shape index (κ2) is 9.60. The zero-order valence-electron chi connectivity index (χ0n) is 18.7. The highest BCUT2D eigenvalue weighted by molar-refractivity contribution is 6.07. The summed E-state index contributed by atoms with van der Waals surface area (Å²) in [6.07, 6.45) is -4.63. The number of amides is 1. The maximum atomic E-state index is 13.6. The number of carbonyl (C=O) groups is 2. The molecule has 0 bridgehead atoms. The second-order valence-corrected chi connectivity index (χ2v) is 8.02. The number of halogens is 3. The van der Waals surface area contributed by atoms with E-state index in [0.29, 0.717) is 17.6 Å². The molecule has 3 rings (SSSR count). The fourth-order valence-electron chi connectivity index (χ4n) is 3.57. The van der Waals surface area contributed by atoms with E-state index in [1.807, 2.05) is 13.8 Å². The summed E-state index contributed by atoms with van der Waals surface area (Å²) in [5.74, 6) is -0.854. The predicted octanol–water partition coefficient (Wildman–Crippen LogP) is 4.88. The van der Waals surface area contributed by atoms with Gasteiger partial charge in [0.25, 0.3) is 11.6 Å². The third-order valence-electron chi connectivity index (χ3n) is 5.04. The lowest BCUT2D eigenvalue weighted by Crippen LogP contribution is -2.36. The topological polar surface area (TPSA) is 85.5 Å². The standard InChI is InChI=1S/C23H24F3N3O4/c1-13(2)12-29(10-9-19(30)32-4)22(31)16-11-18(27-21-20(16)14(3)28-33-21)15-7-5-6-8-17(15)23(24,25)26/h5-8,11,13H,9-10,12H2,1-4H3. The molecule has 2 heterocycles. The largest absolute Gasteiger partial charge is 0.469 e. The summed E-state index contributed by atoms with van der Waals surface area (Å²) in [6.45, 7) is 5.87. The Labute approximate surface area is 188 Å². The van der Waals surface area contributed by atoms with Crippen LogP contribution in [0.5, 0.6) is 0 Å². The molecule has 3 aromatic rings. The molecule has 0 saturated carbocycles. The van der Waals surface area contributed by atoms with E-state index in [1.165, 1.54) is 36.3 Å². The molecule has 10 heteroatoms. The minimum absolute atomic E-state index is 0.0183. The zero-order valence-corrected chi connectivity index (χ0v) is 18.7. The maximum absolute atomic E-state index is 13.6. The number of nitrogens with zero attached hydrogens (tertiary/aromatic N) is 3. The lowest BCUT2D eigenvalue weighted by molar-refractivity contribution is -0.141. The van der Waals surface area contributed by atoms with Gasteiger partial charge in [0.2, 0.25) is 0 Å². The summed E-state index contributed by atoms with van der Waals surface area (Å²) >= 11 is 0. The van der Waals surface area contributed by atoms with Crippen LogP contribution in [0.2, 0.25) is 0 Å². The molecular weight excluding hydrogens is 439 g/mol. The van der Waals surface area contributed by atoms with Crippen LogP contribution in [0.1, 0.15) is 41.9 Å². The number of carbonyl (C=O) groups excluding carboxylic acids is 2. The van der Waals surface area contributed by atoms with Gasteiger partial charge >= 0.3 is 12.1 Å². The Morgan fingerprint density at radius 1 is 1.21 bits per heavy atom. The second-order valence-electron chi connectivity index (χ2n) is 8.02. The number of esters is 1. The Morgan fingerprint density at radius 3 is 2.55 bits per heavy atom. The van der Waals surface area contributed by atoms with Crippen molar-refractivity contribution in [2.24, 2.45) is 5.92 Å². The average Bonchev–Trinajstić information content (AvgIpc) is 3.15. The zero-order chi connectivity index (χ0) is 24.3. The minimum Gasteiger partial charge on any atom is -0.469 e. The smallest absolute Gasteiger partial charge is 0.417 e. The van der Waals surface area contributed by atoms with E-state index >= 15 is 0 Å². The molecule has 0 fully saturated rings. The van der Waals surface area contributed by atoms with Crippen molar-refractivity contribution in [3.05, 3.63) is 47.2 Å². The van der Waals surface area contributed by atoms with Crippen molar-refractivity contribution in [3.63, 3.8) is 0 Å². The number of aryl methyl sites for hydroxylation is 1. The van der Waals surface area contributed by atoms with Gasteiger partial charge in [0.15, 0.2) is 0 Å². The average molecular weight is 463 g/mol. The number of rotatable bonds is 7. The molecule has 0 aliphatic rings. The molecule has 33 heavy (non-hydrogen) atoms. The van der Waals surface area contributed by atoms with Crippen LogP contribution < -0.4 is 0 Å². The molecule has 0 saturated heterocycles. The highest BCUT2D eigenvalue weighted by atomic mass is 19.4. The summed E-state index contributed by atoms with van der Waals surface area (Å²) < 4.78 is 50.7. The lowest BCUT2D eigenvalue weighted by atomic mass is 10.00. The fraction of sp³-hybridized carbons (Fsp3) is 0.391. The molecule has 176 valence electrons. The van der Waals surface area contributed by atoms with Crippen molar-refractivity contribution in [1.29, 1.82) is 0 Å². The van der Waals surface area contributed by atoms with E-state index in [9.17, 15) is 22.8 Å². The molecule has 0 spiro atoms. The quantitative estimate of drug-likeness (QED) is 0.465. The van der Waals surface area contributed by atoms with Crippen molar-refractivity contribution in [3.8, 4) is 11.3 Å². The van der Waals surface area contributed by atoms with Crippen LogP contribution in [0.3, 0.4) is 0 Å². The van der Waals surface area contributed by atoms with Crippen LogP contribution >= 0.6 is 0 Å². The number of fused-ring (bicyclic) bond motifs is 1. The number of methoxy groups -OCH3 is 1.